The molecule has 1 aliphatic rings. The fourth-order valence-corrected chi connectivity index (χ4v) is 2.84. The second-order valence-corrected chi connectivity index (χ2v) is 6.27. The number of benzene rings is 2. The Morgan fingerprint density at radius 3 is 2.70 bits per heavy atom. The number of hydrogen-bond acceptors (Lipinski definition) is 6. The van der Waals surface area contributed by atoms with Crippen LogP contribution in [0.15, 0.2) is 53.7 Å². The number of amidine groups is 1. The summed E-state index contributed by atoms with van der Waals surface area (Å²) < 4.78 is 5.37. The number of rotatable bonds is 7. The van der Waals surface area contributed by atoms with Gasteiger partial charge in [-0.15, -0.1) is 0 Å². The number of hydrogen-bond donors (Lipinski definition) is 1. The van der Waals surface area contributed by atoms with E-state index in [1.165, 1.54) is 12.1 Å². The molecule has 8 nitrogen and oxygen atoms in total. The minimum absolute atomic E-state index is 0.0175. The zero-order chi connectivity index (χ0) is 19.1. The zero-order valence-electron chi connectivity index (χ0n) is 14.9. The molecule has 8 heteroatoms. The lowest BCUT2D eigenvalue weighted by molar-refractivity contribution is -0.384. The van der Waals surface area contributed by atoms with Crippen LogP contribution in [0.1, 0.15) is 16.7 Å². The largest absolute Gasteiger partial charge is 0.389 e. The van der Waals surface area contributed by atoms with Gasteiger partial charge in [-0.1, -0.05) is 35.5 Å². The quantitative estimate of drug-likeness (QED) is 0.347. The molecule has 1 fully saturated rings. The molecule has 0 aliphatic carbocycles. The van der Waals surface area contributed by atoms with Crippen LogP contribution in [-0.4, -0.2) is 42.0 Å². The average molecular weight is 370 g/mol. The first-order valence-corrected chi connectivity index (χ1v) is 8.70. The lowest BCUT2D eigenvalue weighted by atomic mass is 10.1. The summed E-state index contributed by atoms with van der Waals surface area (Å²) in [5.74, 6) is 0.268. The van der Waals surface area contributed by atoms with Gasteiger partial charge in [0.2, 0.25) is 0 Å². The summed E-state index contributed by atoms with van der Waals surface area (Å²) in [6, 6.07) is 14.1. The lowest BCUT2D eigenvalue weighted by Gasteiger charge is -2.26. The van der Waals surface area contributed by atoms with Crippen molar-refractivity contribution in [1.82, 2.24) is 4.90 Å². The summed E-state index contributed by atoms with van der Waals surface area (Å²) in [5, 5.41) is 14.7. The van der Waals surface area contributed by atoms with Gasteiger partial charge < -0.3 is 15.3 Å². The second kappa shape index (κ2) is 9.11. The maximum Gasteiger partial charge on any atom is 0.269 e. The first-order chi connectivity index (χ1) is 13.1. The van der Waals surface area contributed by atoms with Crippen LogP contribution in [0, 0.1) is 10.1 Å². The Kier molecular flexibility index (Phi) is 6.35. The summed E-state index contributed by atoms with van der Waals surface area (Å²) in [6.07, 6.45) is 0. The van der Waals surface area contributed by atoms with Crippen molar-refractivity contribution in [2.45, 2.75) is 13.2 Å². The highest BCUT2D eigenvalue weighted by molar-refractivity contribution is 5.97. The maximum absolute atomic E-state index is 10.8. The van der Waals surface area contributed by atoms with E-state index in [0.717, 1.165) is 44.0 Å². The van der Waals surface area contributed by atoms with Crippen LogP contribution in [0.4, 0.5) is 5.69 Å². The molecule has 3 rings (SSSR count). The van der Waals surface area contributed by atoms with Crippen LogP contribution in [-0.2, 0) is 22.7 Å². The molecule has 0 bridgehead atoms. The van der Waals surface area contributed by atoms with Crippen molar-refractivity contribution in [1.29, 1.82) is 0 Å². The molecule has 0 amide bonds. The molecule has 2 aromatic carbocycles. The van der Waals surface area contributed by atoms with Crippen LogP contribution in [0.25, 0.3) is 0 Å². The first-order valence-electron chi connectivity index (χ1n) is 8.70. The molecule has 142 valence electrons. The molecule has 27 heavy (non-hydrogen) atoms. The van der Waals surface area contributed by atoms with Gasteiger partial charge in [0.25, 0.3) is 5.69 Å². The number of nitrogens with zero attached hydrogens (tertiary/aromatic N) is 3. The summed E-state index contributed by atoms with van der Waals surface area (Å²) >= 11 is 0. The molecule has 1 saturated heterocycles. The van der Waals surface area contributed by atoms with Crippen molar-refractivity contribution in [3.8, 4) is 0 Å². The summed E-state index contributed by atoms with van der Waals surface area (Å²) in [7, 11) is 0. The van der Waals surface area contributed by atoms with Crippen LogP contribution in [0.2, 0.25) is 0 Å². The number of nitrogens with two attached hydrogens (primary N) is 1. The van der Waals surface area contributed by atoms with Gasteiger partial charge in [-0.3, -0.25) is 15.0 Å². The SMILES string of the molecule is N/C(=N/OCc1cccc([N+](=O)[O-])c1)c1cccc(CN2CCOCC2)c1. The Hall–Kier alpha value is -2.97. The number of oxime groups is 1. The molecule has 0 saturated carbocycles. The van der Waals surface area contributed by atoms with E-state index in [0.29, 0.717) is 5.56 Å². The Morgan fingerprint density at radius 1 is 1.19 bits per heavy atom. The highest BCUT2D eigenvalue weighted by Crippen LogP contribution is 2.14. The van der Waals surface area contributed by atoms with Crippen molar-refractivity contribution < 1.29 is 14.5 Å². The van der Waals surface area contributed by atoms with Crippen LogP contribution in [0.3, 0.4) is 0 Å². The van der Waals surface area contributed by atoms with Gasteiger partial charge in [0.1, 0.15) is 6.61 Å². The summed E-state index contributed by atoms with van der Waals surface area (Å²) in [6.45, 7) is 4.29. The topological polar surface area (TPSA) is 103 Å². The van der Waals surface area contributed by atoms with Gasteiger partial charge in [-0.2, -0.15) is 0 Å². The highest BCUT2D eigenvalue weighted by atomic mass is 16.6. The molecule has 0 radical (unpaired) electrons. The van der Waals surface area contributed by atoms with Crippen LogP contribution in [0.5, 0.6) is 0 Å². The smallest absolute Gasteiger partial charge is 0.269 e. The van der Waals surface area contributed by atoms with E-state index >= 15 is 0 Å². The number of ether oxygens (including phenoxy) is 1. The van der Waals surface area contributed by atoms with Gasteiger partial charge in [0, 0.05) is 37.3 Å². The Balaban J connectivity index is 1.59. The highest BCUT2D eigenvalue weighted by Gasteiger charge is 2.11. The predicted octanol–water partition coefficient (Wildman–Crippen LogP) is 2.26. The third-order valence-electron chi connectivity index (χ3n) is 4.25. The van der Waals surface area contributed by atoms with E-state index in [1.54, 1.807) is 12.1 Å². The van der Waals surface area contributed by atoms with Crippen molar-refractivity contribution in [2.75, 3.05) is 26.3 Å². The van der Waals surface area contributed by atoms with Gasteiger partial charge in [0.05, 0.1) is 18.1 Å². The fraction of sp³-hybridized carbons (Fsp3) is 0.316. The molecule has 0 unspecified atom stereocenters. The molecule has 2 N–H and O–H groups in total. The standard InChI is InChI=1S/C19H22N4O4/c20-19(21-27-14-16-4-2-6-18(12-16)23(24)25)17-5-1-3-15(11-17)13-22-7-9-26-10-8-22/h1-6,11-12H,7-10,13-14H2,(H2,20,21). The molecule has 0 spiro atoms. The molecule has 0 atom stereocenters. The minimum Gasteiger partial charge on any atom is -0.389 e. The number of morpholine rings is 1. The third-order valence-corrected chi connectivity index (χ3v) is 4.25. The molecular weight excluding hydrogens is 348 g/mol. The monoisotopic (exact) mass is 370 g/mol. The van der Waals surface area contributed by atoms with E-state index in [2.05, 4.69) is 16.1 Å². The van der Waals surface area contributed by atoms with Crippen LogP contribution < -0.4 is 5.73 Å². The van der Waals surface area contributed by atoms with E-state index in [9.17, 15) is 10.1 Å². The van der Waals surface area contributed by atoms with E-state index in [-0.39, 0.29) is 18.1 Å². The summed E-state index contributed by atoms with van der Waals surface area (Å²) in [5.41, 5.74) is 8.62. The first kappa shape index (κ1) is 18.8. The minimum atomic E-state index is -0.443. The third kappa shape index (κ3) is 5.50. The Bertz CT molecular complexity index is 819. The fourth-order valence-electron chi connectivity index (χ4n) is 2.84. The Labute approximate surface area is 157 Å². The van der Waals surface area contributed by atoms with E-state index in [1.807, 2.05) is 18.2 Å². The van der Waals surface area contributed by atoms with Crippen LogP contribution >= 0.6 is 0 Å². The molecular formula is C19H22N4O4. The predicted molar refractivity (Wildman–Crippen MR) is 101 cm³/mol. The van der Waals surface area contributed by atoms with Gasteiger partial charge >= 0.3 is 0 Å². The normalized spacial score (nSPS) is 15.5. The van der Waals surface area contributed by atoms with Crippen molar-refractivity contribution in [2.24, 2.45) is 10.9 Å². The number of nitro benzene ring substituents is 1. The van der Waals surface area contributed by atoms with Gasteiger partial charge in [-0.25, -0.2) is 0 Å². The number of nitro groups is 1. The van der Waals surface area contributed by atoms with Crippen molar-refractivity contribution in [3.05, 3.63) is 75.3 Å². The zero-order valence-corrected chi connectivity index (χ0v) is 14.9. The van der Waals surface area contributed by atoms with E-state index < -0.39 is 4.92 Å². The maximum atomic E-state index is 10.8. The molecule has 1 heterocycles. The van der Waals surface area contributed by atoms with Crippen molar-refractivity contribution in [3.63, 3.8) is 0 Å². The van der Waals surface area contributed by atoms with Crippen molar-refractivity contribution >= 4 is 11.5 Å². The van der Waals surface area contributed by atoms with Gasteiger partial charge in [-0.05, 0) is 17.2 Å². The second-order valence-electron chi connectivity index (χ2n) is 6.27. The Morgan fingerprint density at radius 2 is 1.93 bits per heavy atom. The number of non-ortho nitro benzene ring substituents is 1. The molecule has 1 aliphatic heterocycles. The van der Waals surface area contributed by atoms with Gasteiger partial charge in [0.15, 0.2) is 5.84 Å². The average Bonchev–Trinajstić information content (AvgIpc) is 2.69. The van der Waals surface area contributed by atoms with E-state index in [4.69, 9.17) is 15.3 Å². The lowest BCUT2D eigenvalue weighted by Crippen LogP contribution is -2.35. The molecule has 0 aromatic heterocycles. The molecule has 2 aromatic rings. The summed E-state index contributed by atoms with van der Waals surface area (Å²) in [4.78, 5) is 18.0.